The Morgan fingerprint density at radius 3 is 2.17 bits per heavy atom. The zero-order chi connectivity index (χ0) is 13.2. The van der Waals surface area contributed by atoms with Crippen LogP contribution < -0.4 is 4.74 Å². The number of benzene rings is 1. The van der Waals surface area contributed by atoms with Crippen LogP contribution in [0.5, 0.6) is 5.75 Å². The van der Waals surface area contributed by atoms with Gasteiger partial charge >= 0.3 is 0 Å². The fraction of sp³-hybridized carbons (Fsp3) is 0.600. The molecule has 0 atom stereocenters. The Kier molecular flexibility index (Phi) is 8.78. The molecule has 0 aliphatic carbocycles. The maximum Gasteiger partial charge on any atom is 0.119 e. The fourth-order valence-electron chi connectivity index (χ4n) is 1.78. The quantitative estimate of drug-likeness (QED) is 0.367. The van der Waals surface area contributed by atoms with E-state index in [0.717, 1.165) is 18.8 Å². The van der Waals surface area contributed by atoms with Crippen molar-refractivity contribution in [2.45, 2.75) is 49.2 Å². The normalized spacial score (nSPS) is 10.9. The van der Waals surface area contributed by atoms with Gasteiger partial charge in [-0.1, -0.05) is 83.0 Å². The molecule has 0 N–H and O–H groups in total. The van der Waals surface area contributed by atoms with Gasteiger partial charge in [-0.25, -0.2) is 0 Å². The molecule has 18 heavy (non-hydrogen) atoms. The second kappa shape index (κ2) is 9.85. The molecule has 3 heteroatoms. The van der Waals surface area contributed by atoms with Crippen LogP contribution in [-0.2, 0) is 0 Å². The lowest BCUT2D eigenvalue weighted by Gasteiger charge is -2.07. The van der Waals surface area contributed by atoms with Crippen LogP contribution in [-0.4, -0.2) is 6.61 Å². The smallest absolute Gasteiger partial charge is 0.119 e. The molecule has 0 unspecified atom stereocenters. The predicted octanol–water partition coefficient (Wildman–Crippen LogP) is 6.21. The minimum absolute atomic E-state index is 0.220. The van der Waals surface area contributed by atoms with Crippen molar-refractivity contribution >= 4 is 31.9 Å². The van der Waals surface area contributed by atoms with E-state index in [1.807, 2.05) is 12.1 Å². The van der Waals surface area contributed by atoms with Gasteiger partial charge in [-0.15, -0.1) is 0 Å². The van der Waals surface area contributed by atoms with Crippen LogP contribution in [0.4, 0.5) is 0 Å². The van der Waals surface area contributed by atoms with Gasteiger partial charge in [0, 0.05) is 0 Å². The first kappa shape index (κ1) is 16.0. The van der Waals surface area contributed by atoms with Crippen LogP contribution in [0.1, 0.15) is 54.7 Å². The minimum Gasteiger partial charge on any atom is -0.494 e. The van der Waals surface area contributed by atoms with E-state index in [9.17, 15) is 0 Å². The first-order chi connectivity index (χ1) is 8.74. The molecule has 0 fully saturated rings. The Morgan fingerprint density at radius 2 is 1.56 bits per heavy atom. The molecular weight excluding hydrogens is 356 g/mol. The van der Waals surface area contributed by atoms with Gasteiger partial charge in [0.2, 0.25) is 0 Å². The summed E-state index contributed by atoms with van der Waals surface area (Å²) in [4.78, 5) is 0. The molecule has 0 aliphatic heterocycles. The summed E-state index contributed by atoms with van der Waals surface area (Å²) < 4.78 is 5.94. The number of hydrogen-bond donors (Lipinski definition) is 0. The second-order valence-corrected chi connectivity index (χ2v) is 7.55. The Hall–Kier alpha value is -0.0200. The van der Waals surface area contributed by atoms with Crippen molar-refractivity contribution in [1.29, 1.82) is 0 Å². The zero-order valence-corrected chi connectivity index (χ0v) is 14.2. The van der Waals surface area contributed by atoms with Crippen molar-refractivity contribution in [3.8, 4) is 5.75 Å². The summed E-state index contributed by atoms with van der Waals surface area (Å²) in [6, 6.07) is 8.21. The van der Waals surface area contributed by atoms with E-state index in [-0.39, 0.29) is 3.74 Å². The molecule has 0 amide bonds. The van der Waals surface area contributed by atoms with E-state index in [4.69, 9.17) is 4.74 Å². The first-order valence-electron chi connectivity index (χ1n) is 6.75. The number of hydrogen-bond acceptors (Lipinski definition) is 1. The van der Waals surface area contributed by atoms with E-state index in [2.05, 4.69) is 50.9 Å². The van der Waals surface area contributed by atoms with Crippen molar-refractivity contribution in [3.05, 3.63) is 29.8 Å². The Balaban J connectivity index is 2.12. The maximum absolute atomic E-state index is 5.72. The molecule has 1 nitrogen and oxygen atoms in total. The van der Waals surface area contributed by atoms with E-state index in [1.54, 1.807) is 0 Å². The van der Waals surface area contributed by atoms with Gasteiger partial charge in [0.25, 0.3) is 0 Å². The lowest BCUT2D eigenvalue weighted by Crippen LogP contribution is -1.97. The highest BCUT2D eigenvalue weighted by Gasteiger charge is 2.01. The largest absolute Gasteiger partial charge is 0.494 e. The molecule has 1 rings (SSSR count). The molecule has 1 aromatic carbocycles. The molecule has 0 spiro atoms. The third kappa shape index (κ3) is 6.79. The summed E-state index contributed by atoms with van der Waals surface area (Å²) in [7, 11) is 0. The average Bonchev–Trinajstić information content (AvgIpc) is 2.38. The van der Waals surface area contributed by atoms with Crippen LogP contribution >= 0.6 is 31.9 Å². The standard InChI is InChI=1S/C15H22Br2O/c1-2-3-4-5-6-7-12-18-14-10-8-13(9-11-14)15(16)17/h8-11,15H,2-7,12H2,1H3. The molecule has 0 heterocycles. The Bertz CT molecular complexity index is 309. The molecular formula is C15H22Br2O. The average molecular weight is 378 g/mol. The highest BCUT2D eigenvalue weighted by molar-refractivity contribution is 9.24. The SMILES string of the molecule is CCCCCCCCOc1ccc(C(Br)Br)cc1. The highest BCUT2D eigenvalue weighted by atomic mass is 79.9. The van der Waals surface area contributed by atoms with Crippen molar-refractivity contribution in [1.82, 2.24) is 0 Å². The second-order valence-electron chi connectivity index (χ2n) is 4.49. The molecule has 1 aromatic rings. The van der Waals surface area contributed by atoms with Crippen molar-refractivity contribution < 1.29 is 4.74 Å². The molecule has 0 saturated heterocycles. The molecule has 0 aliphatic rings. The topological polar surface area (TPSA) is 9.23 Å². The summed E-state index contributed by atoms with van der Waals surface area (Å²) in [5, 5.41) is 0. The van der Waals surface area contributed by atoms with E-state index >= 15 is 0 Å². The number of halogens is 2. The van der Waals surface area contributed by atoms with Gasteiger partial charge in [0.1, 0.15) is 5.75 Å². The monoisotopic (exact) mass is 376 g/mol. The predicted molar refractivity (Wildman–Crippen MR) is 85.9 cm³/mol. The maximum atomic E-state index is 5.72. The van der Waals surface area contributed by atoms with E-state index < -0.39 is 0 Å². The number of alkyl halides is 2. The fourth-order valence-corrected chi connectivity index (χ4v) is 2.39. The van der Waals surface area contributed by atoms with Gasteiger partial charge in [0.05, 0.1) is 10.3 Å². The summed E-state index contributed by atoms with van der Waals surface area (Å²) in [6.07, 6.45) is 7.82. The summed E-state index contributed by atoms with van der Waals surface area (Å²) >= 11 is 6.95. The van der Waals surface area contributed by atoms with Gasteiger partial charge in [-0.3, -0.25) is 0 Å². The van der Waals surface area contributed by atoms with Crippen molar-refractivity contribution in [3.63, 3.8) is 0 Å². The van der Waals surface area contributed by atoms with Gasteiger partial charge in [0.15, 0.2) is 0 Å². The van der Waals surface area contributed by atoms with E-state index in [1.165, 1.54) is 37.7 Å². The highest BCUT2D eigenvalue weighted by Crippen LogP contribution is 2.30. The third-order valence-electron chi connectivity index (χ3n) is 2.90. The molecule has 0 aromatic heterocycles. The molecule has 0 saturated carbocycles. The van der Waals surface area contributed by atoms with Crippen LogP contribution in [0.2, 0.25) is 0 Å². The lowest BCUT2D eigenvalue weighted by molar-refractivity contribution is 0.304. The van der Waals surface area contributed by atoms with Crippen molar-refractivity contribution in [2.24, 2.45) is 0 Å². The summed E-state index contributed by atoms with van der Waals surface area (Å²) in [5.41, 5.74) is 1.21. The number of unbranched alkanes of at least 4 members (excludes halogenated alkanes) is 5. The van der Waals surface area contributed by atoms with Crippen molar-refractivity contribution in [2.75, 3.05) is 6.61 Å². The number of rotatable bonds is 9. The Morgan fingerprint density at radius 1 is 0.944 bits per heavy atom. The number of ether oxygens (including phenoxy) is 1. The summed E-state index contributed by atoms with van der Waals surface area (Å²) in [5.74, 6) is 0.966. The molecule has 102 valence electrons. The van der Waals surface area contributed by atoms with Crippen LogP contribution in [0.25, 0.3) is 0 Å². The van der Waals surface area contributed by atoms with E-state index in [0.29, 0.717) is 0 Å². The minimum atomic E-state index is 0.220. The zero-order valence-electron chi connectivity index (χ0n) is 11.0. The van der Waals surface area contributed by atoms with Crippen LogP contribution in [0, 0.1) is 0 Å². The van der Waals surface area contributed by atoms with Gasteiger partial charge in [-0.05, 0) is 24.1 Å². The molecule has 0 radical (unpaired) electrons. The molecule has 0 bridgehead atoms. The van der Waals surface area contributed by atoms with Gasteiger partial charge < -0.3 is 4.74 Å². The summed E-state index contributed by atoms with van der Waals surface area (Å²) in [6.45, 7) is 3.08. The first-order valence-corrected chi connectivity index (χ1v) is 8.58. The van der Waals surface area contributed by atoms with Crippen LogP contribution in [0.15, 0.2) is 24.3 Å². The third-order valence-corrected chi connectivity index (χ3v) is 3.96. The van der Waals surface area contributed by atoms with Gasteiger partial charge in [-0.2, -0.15) is 0 Å². The van der Waals surface area contributed by atoms with Crippen LogP contribution in [0.3, 0.4) is 0 Å². The lowest BCUT2D eigenvalue weighted by atomic mass is 10.1. The Labute approximate surface area is 128 Å².